The lowest BCUT2D eigenvalue weighted by Gasteiger charge is -2.31. The van der Waals surface area contributed by atoms with E-state index in [0.29, 0.717) is 13.2 Å². The monoisotopic (exact) mass is 277 g/mol. The summed E-state index contributed by atoms with van der Waals surface area (Å²) in [6.07, 6.45) is 3.53. The van der Waals surface area contributed by atoms with Crippen LogP contribution in [-0.2, 0) is 4.79 Å². The third-order valence-corrected chi connectivity index (χ3v) is 3.46. The van der Waals surface area contributed by atoms with Gasteiger partial charge in [-0.05, 0) is 25.0 Å². The molecule has 108 valence electrons. The number of carbonyl (C=O) groups excluding carboxylic acids is 2. The minimum Gasteiger partial charge on any atom is -0.477 e. The van der Waals surface area contributed by atoms with E-state index < -0.39 is 5.91 Å². The standard InChI is InChI=1S/C14H19N3O3/c1-10(18)17-7-3-4-11(8-17)9-20-14-12(13(15)19)5-2-6-16-14/h2,5-6,11H,3-4,7-9H2,1H3,(H2,15,19). The van der Waals surface area contributed by atoms with Gasteiger partial charge < -0.3 is 15.4 Å². The summed E-state index contributed by atoms with van der Waals surface area (Å²) in [4.78, 5) is 28.5. The van der Waals surface area contributed by atoms with Crippen LogP contribution in [0.2, 0.25) is 0 Å². The number of carbonyl (C=O) groups is 2. The lowest BCUT2D eigenvalue weighted by molar-refractivity contribution is -0.130. The molecule has 0 spiro atoms. The number of hydrogen-bond acceptors (Lipinski definition) is 4. The van der Waals surface area contributed by atoms with Crippen molar-refractivity contribution in [1.29, 1.82) is 0 Å². The average molecular weight is 277 g/mol. The highest BCUT2D eigenvalue weighted by molar-refractivity contribution is 5.94. The van der Waals surface area contributed by atoms with Crippen molar-refractivity contribution in [3.05, 3.63) is 23.9 Å². The molecular weight excluding hydrogens is 258 g/mol. The van der Waals surface area contributed by atoms with Gasteiger partial charge in [-0.15, -0.1) is 0 Å². The Balaban J connectivity index is 1.95. The summed E-state index contributed by atoms with van der Waals surface area (Å²) in [5.41, 5.74) is 5.56. The molecule has 2 N–H and O–H groups in total. The van der Waals surface area contributed by atoms with Crippen molar-refractivity contribution in [1.82, 2.24) is 9.88 Å². The number of hydrogen-bond donors (Lipinski definition) is 1. The maximum Gasteiger partial charge on any atom is 0.254 e. The van der Waals surface area contributed by atoms with Gasteiger partial charge in [-0.25, -0.2) is 4.98 Å². The molecular formula is C14H19N3O3. The Kier molecular flexibility index (Phi) is 4.55. The first-order chi connectivity index (χ1) is 9.58. The van der Waals surface area contributed by atoms with Crippen LogP contribution in [0.5, 0.6) is 5.88 Å². The van der Waals surface area contributed by atoms with Crippen LogP contribution in [0.15, 0.2) is 18.3 Å². The van der Waals surface area contributed by atoms with Gasteiger partial charge in [-0.3, -0.25) is 9.59 Å². The number of pyridine rings is 1. The highest BCUT2D eigenvalue weighted by atomic mass is 16.5. The topological polar surface area (TPSA) is 85.5 Å². The van der Waals surface area contributed by atoms with Crippen LogP contribution < -0.4 is 10.5 Å². The Hall–Kier alpha value is -2.11. The maximum absolute atomic E-state index is 11.4. The van der Waals surface area contributed by atoms with E-state index in [4.69, 9.17) is 10.5 Å². The average Bonchev–Trinajstić information content (AvgIpc) is 2.45. The Morgan fingerprint density at radius 2 is 2.35 bits per heavy atom. The Morgan fingerprint density at radius 3 is 3.05 bits per heavy atom. The number of rotatable bonds is 4. The highest BCUT2D eigenvalue weighted by Gasteiger charge is 2.22. The first-order valence-corrected chi connectivity index (χ1v) is 6.71. The van der Waals surface area contributed by atoms with Gasteiger partial charge >= 0.3 is 0 Å². The van der Waals surface area contributed by atoms with Gasteiger partial charge in [0.15, 0.2) is 0 Å². The molecule has 1 aromatic heterocycles. The number of amides is 2. The fourth-order valence-electron chi connectivity index (χ4n) is 2.38. The number of aromatic nitrogens is 1. The van der Waals surface area contributed by atoms with Gasteiger partial charge in [0, 0.05) is 32.1 Å². The smallest absolute Gasteiger partial charge is 0.254 e. The summed E-state index contributed by atoms with van der Waals surface area (Å²) in [5.74, 6) is 0.0581. The highest BCUT2D eigenvalue weighted by Crippen LogP contribution is 2.19. The quantitative estimate of drug-likeness (QED) is 0.882. The summed E-state index contributed by atoms with van der Waals surface area (Å²) >= 11 is 0. The van der Waals surface area contributed by atoms with Crippen molar-refractivity contribution in [3.63, 3.8) is 0 Å². The van der Waals surface area contributed by atoms with Gasteiger partial charge in [0.25, 0.3) is 5.91 Å². The van der Waals surface area contributed by atoms with Crippen LogP contribution in [-0.4, -0.2) is 41.4 Å². The van der Waals surface area contributed by atoms with Gasteiger partial charge in [-0.2, -0.15) is 0 Å². The molecule has 0 saturated carbocycles. The number of nitrogens with two attached hydrogens (primary N) is 1. The third-order valence-electron chi connectivity index (χ3n) is 3.46. The molecule has 0 aromatic carbocycles. The number of nitrogens with zero attached hydrogens (tertiary/aromatic N) is 2. The van der Waals surface area contributed by atoms with Crippen molar-refractivity contribution in [2.24, 2.45) is 11.7 Å². The molecule has 1 fully saturated rings. The second kappa shape index (κ2) is 6.36. The molecule has 2 heterocycles. The van der Waals surface area contributed by atoms with Gasteiger partial charge in [-0.1, -0.05) is 0 Å². The van der Waals surface area contributed by atoms with Crippen molar-refractivity contribution < 1.29 is 14.3 Å². The van der Waals surface area contributed by atoms with E-state index in [1.807, 2.05) is 4.90 Å². The predicted octanol–water partition coefficient (Wildman–Crippen LogP) is 0.818. The Morgan fingerprint density at radius 1 is 1.55 bits per heavy atom. The van der Waals surface area contributed by atoms with Crippen molar-refractivity contribution in [2.45, 2.75) is 19.8 Å². The Labute approximate surface area is 117 Å². The molecule has 2 rings (SSSR count). The van der Waals surface area contributed by atoms with E-state index in [2.05, 4.69) is 4.98 Å². The summed E-state index contributed by atoms with van der Waals surface area (Å²) in [6, 6.07) is 3.23. The molecule has 1 saturated heterocycles. The number of piperidine rings is 1. The van der Waals surface area contributed by atoms with Crippen LogP contribution in [0.4, 0.5) is 0 Å². The van der Waals surface area contributed by atoms with Crippen LogP contribution >= 0.6 is 0 Å². The summed E-state index contributed by atoms with van der Waals surface area (Å²) in [6.45, 7) is 3.50. The van der Waals surface area contributed by atoms with Gasteiger partial charge in [0.2, 0.25) is 11.8 Å². The van der Waals surface area contributed by atoms with Crippen LogP contribution in [0.1, 0.15) is 30.1 Å². The van der Waals surface area contributed by atoms with Crippen LogP contribution in [0, 0.1) is 5.92 Å². The number of ether oxygens (including phenoxy) is 1. The Bertz CT molecular complexity index is 504. The largest absolute Gasteiger partial charge is 0.477 e. The molecule has 1 aliphatic rings. The molecule has 1 unspecified atom stereocenters. The van der Waals surface area contributed by atoms with Crippen LogP contribution in [0.3, 0.4) is 0 Å². The second-order valence-electron chi connectivity index (χ2n) is 5.00. The fraction of sp³-hybridized carbons (Fsp3) is 0.500. The minimum absolute atomic E-state index is 0.0883. The predicted molar refractivity (Wildman–Crippen MR) is 73.2 cm³/mol. The molecule has 2 amide bonds. The first kappa shape index (κ1) is 14.3. The molecule has 1 aromatic rings. The molecule has 0 aliphatic carbocycles. The summed E-state index contributed by atoms with van der Waals surface area (Å²) in [7, 11) is 0. The molecule has 0 bridgehead atoms. The van der Waals surface area contributed by atoms with E-state index in [9.17, 15) is 9.59 Å². The molecule has 0 radical (unpaired) electrons. The zero-order valence-corrected chi connectivity index (χ0v) is 11.5. The van der Waals surface area contributed by atoms with E-state index in [-0.39, 0.29) is 23.3 Å². The molecule has 6 heteroatoms. The maximum atomic E-state index is 11.4. The van der Waals surface area contributed by atoms with Crippen molar-refractivity contribution >= 4 is 11.8 Å². The zero-order chi connectivity index (χ0) is 14.5. The first-order valence-electron chi connectivity index (χ1n) is 6.71. The van der Waals surface area contributed by atoms with E-state index in [0.717, 1.165) is 19.4 Å². The summed E-state index contributed by atoms with van der Waals surface area (Å²) in [5, 5.41) is 0. The van der Waals surface area contributed by atoms with Gasteiger partial charge in [0.05, 0.1) is 6.61 Å². The van der Waals surface area contributed by atoms with E-state index >= 15 is 0 Å². The SMILES string of the molecule is CC(=O)N1CCCC(COc2ncccc2C(N)=O)C1. The molecule has 6 nitrogen and oxygen atoms in total. The van der Waals surface area contributed by atoms with Crippen LogP contribution in [0.25, 0.3) is 0 Å². The molecule has 1 aliphatic heterocycles. The summed E-state index contributed by atoms with van der Waals surface area (Å²) < 4.78 is 5.62. The number of likely N-dealkylation sites (tertiary alicyclic amines) is 1. The molecule has 20 heavy (non-hydrogen) atoms. The lowest BCUT2D eigenvalue weighted by atomic mass is 9.99. The molecule has 1 atom stereocenters. The fourth-order valence-corrected chi connectivity index (χ4v) is 2.38. The van der Waals surface area contributed by atoms with Gasteiger partial charge in [0.1, 0.15) is 5.56 Å². The van der Waals surface area contributed by atoms with E-state index in [1.54, 1.807) is 25.3 Å². The lowest BCUT2D eigenvalue weighted by Crippen LogP contribution is -2.40. The zero-order valence-electron chi connectivity index (χ0n) is 11.5. The minimum atomic E-state index is -0.554. The van der Waals surface area contributed by atoms with Crippen molar-refractivity contribution in [2.75, 3.05) is 19.7 Å². The van der Waals surface area contributed by atoms with E-state index in [1.165, 1.54) is 0 Å². The normalized spacial score (nSPS) is 18.6. The number of primary amides is 1. The van der Waals surface area contributed by atoms with Crippen molar-refractivity contribution in [3.8, 4) is 5.88 Å². The third kappa shape index (κ3) is 3.46. The second-order valence-corrected chi connectivity index (χ2v) is 5.00.